The lowest BCUT2D eigenvalue weighted by Gasteiger charge is -2.42. The molecule has 3 rings (SSSR count). The number of hydrogen-bond acceptors (Lipinski definition) is 12. The van der Waals surface area contributed by atoms with Crippen LogP contribution in [-0.4, -0.2) is 98.8 Å². The Morgan fingerprint density at radius 3 is 2.12 bits per heavy atom. The summed E-state index contributed by atoms with van der Waals surface area (Å²) in [5.74, 6) is -4.74. The van der Waals surface area contributed by atoms with Crippen LogP contribution in [0.5, 0.6) is 0 Å². The highest BCUT2D eigenvalue weighted by Crippen LogP contribution is 2.23. The second kappa shape index (κ2) is 15.7. The summed E-state index contributed by atoms with van der Waals surface area (Å²) in [5, 5.41) is 56.0. The van der Waals surface area contributed by atoms with Crippen LogP contribution in [-0.2, 0) is 41.8 Å². The number of esters is 2. The van der Waals surface area contributed by atoms with Crippen molar-refractivity contribution in [3.63, 3.8) is 0 Å². The molecule has 2 aromatic rings. The molecule has 1 aliphatic heterocycles. The van der Waals surface area contributed by atoms with Gasteiger partial charge in [-0.25, -0.2) is 4.79 Å². The smallest absolute Gasteiger partial charge is 0.331 e. The molecule has 0 saturated carbocycles. The van der Waals surface area contributed by atoms with Crippen LogP contribution >= 0.6 is 0 Å². The number of ether oxygens (including phenoxy) is 3. The van der Waals surface area contributed by atoms with Crippen molar-refractivity contribution in [2.24, 2.45) is 0 Å². The Morgan fingerprint density at radius 2 is 1.55 bits per heavy atom. The first-order valence-corrected chi connectivity index (χ1v) is 13.5. The van der Waals surface area contributed by atoms with Gasteiger partial charge in [-0.05, 0) is 24.5 Å². The monoisotopic (exact) mass is 590 g/mol. The van der Waals surface area contributed by atoms with Gasteiger partial charge in [0.25, 0.3) is 0 Å². The Balaban J connectivity index is 1.66. The van der Waals surface area contributed by atoms with E-state index in [1.807, 2.05) is 6.07 Å². The van der Waals surface area contributed by atoms with Crippen molar-refractivity contribution in [2.45, 2.75) is 75.3 Å². The number of benzene rings is 2. The maximum Gasteiger partial charge on any atom is 0.331 e. The molecule has 13 nitrogen and oxygen atoms in total. The van der Waals surface area contributed by atoms with Crippen LogP contribution in [0, 0.1) is 0 Å². The van der Waals surface area contributed by atoms with E-state index in [-0.39, 0.29) is 26.1 Å². The van der Waals surface area contributed by atoms with Gasteiger partial charge in [-0.1, -0.05) is 60.7 Å². The first kappa shape index (κ1) is 33.1. The second-order valence-corrected chi connectivity index (χ2v) is 10.1. The SMILES string of the molecule is CC(O)[C@H](NC(=O)[C@H](CCC(=O)OCc1ccccc1)NCC1(O)OCC(O)C(O)C1O)C(=O)OCc1ccccc1. The maximum absolute atomic E-state index is 13.3. The largest absolute Gasteiger partial charge is 0.461 e. The minimum Gasteiger partial charge on any atom is -0.461 e. The molecule has 0 aliphatic carbocycles. The summed E-state index contributed by atoms with van der Waals surface area (Å²) in [6.45, 7) is 0.120. The molecule has 7 atom stereocenters. The molecule has 0 spiro atoms. The molecule has 0 bridgehead atoms. The van der Waals surface area contributed by atoms with Crippen molar-refractivity contribution >= 4 is 17.8 Å². The van der Waals surface area contributed by atoms with E-state index in [0.29, 0.717) is 5.56 Å². The molecule has 230 valence electrons. The highest BCUT2D eigenvalue weighted by molar-refractivity contribution is 5.88. The Bertz CT molecular complexity index is 1150. The van der Waals surface area contributed by atoms with E-state index in [0.717, 1.165) is 5.56 Å². The molecule has 0 radical (unpaired) electrons. The quantitative estimate of drug-likeness (QED) is 0.131. The predicted octanol–water partition coefficient (Wildman–Crippen LogP) is -1.12. The van der Waals surface area contributed by atoms with Crippen LogP contribution in [0.2, 0.25) is 0 Å². The van der Waals surface area contributed by atoms with Gasteiger partial charge in [0.15, 0.2) is 6.04 Å². The van der Waals surface area contributed by atoms with Crippen LogP contribution in [0.1, 0.15) is 30.9 Å². The predicted molar refractivity (Wildman–Crippen MR) is 146 cm³/mol. The summed E-state index contributed by atoms with van der Waals surface area (Å²) in [5.41, 5.74) is 1.46. The maximum atomic E-state index is 13.3. The number of nitrogens with one attached hydrogen (secondary N) is 2. The van der Waals surface area contributed by atoms with E-state index in [2.05, 4.69) is 10.6 Å². The normalized spacial score (nSPS) is 24.2. The molecule has 5 unspecified atom stereocenters. The molecule has 1 heterocycles. The van der Waals surface area contributed by atoms with Gasteiger partial charge in [0.1, 0.15) is 31.5 Å². The van der Waals surface area contributed by atoms with Crippen molar-refractivity contribution in [3.8, 4) is 0 Å². The number of carbonyl (C=O) groups is 3. The first-order valence-electron chi connectivity index (χ1n) is 13.5. The second-order valence-electron chi connectivity index (χ2n) is 10.1. The van der Waals surface area contributed by atoms with Crippen molar-refractivity contribution < 1.29 is 54.1 Å². The number of amides is 1. The minimum atomic E-state index is -2.39. The lowest BCUT2D eigenvalue weighted by Crippen LogP contribution is -2.65. The Morgan fingerprint density at radius 1 is 0.976 bits per heavy atom. The standard InChI is InChI=1S/C29H38N2O11/c1-18(32)24(28(38)41-15-20-10-6-3-7-11-20)31-27(37)21(12-13-23(34)40-14-19-8-4-2-5-9-19)30-17-29(39)26(36)25(35)22(33)16-42-29/h2-11,18,21-22,24-26,30,32-33,35-36,39H,12-17H2,1H3,(H,31,37)/t18?,21-,22?,24-,25?,26?,29?/m0/s1. The fourth-order valence-corrected chi connectivity index (χ4v) is 4.16. The third-order valence-corrected chi connectivity index (χ3v) is 6.74. The summed E-state index contributed by atoms with van der Waals surface area (Å²) in [6, 6.07) is 15.0. The van der Waals surface area contributed by atoms with E-state index >= 15 is 0 Å². The average molecular weight is 591 g/mol. The van der Waals surface area contributed by atoms with Gasteiger partial charge in [-0.3, -0.25) is 9.59 Å². The van der Waals surface area contributed by atoms with Gasteiger partial charge >= 0.3 is 11.9 Å². The Labute approximate surface area is 243 Å². The summed E-state index contributed by atoms with van der Waals surface area (Å²) in [6.07, 6.45) is -6.86. The van der Waals surface area contributed by atoms with E-state index in [1.54, 1.807) is 54.6 Å². The lowest BCUT2D eigenvalue weighted by molar-refractivity contribution is -0.318. The van der Waals surface area contributed by atoms with Crippen LogP contribution in [0.15, 0.2) is 60.7 Å². The highest BCUT2D eigenvalue weighted by atomic mass is 16.6. The zero-order valence-electron chi connectivity index (χ0n) is 23.2. The summed E-state index contributed by atoms with van der Waals surface area (Å²) >= 11 is 0. The van der Waals surface area contributed by atoms with Crippen molar-refractivity contribution in [1.29, 1.82) is 0 Å². The first-order chi connectivity index (χ1) is 20.0. The molecule has 1 amide bonds. The third-order valence-electron chi connectivity index (χ3n) is 6.74. The van der Waals surface area contributed by atoms with Crippen LogP contribution in [0.25, 0.3) is 0 Å². The van der Waals surface area contributed by atoms with E-state index in [9.17, 15) is 39.9 Å². The van der Waals surface area contributed by atoms with Gasteiger partial charge in [-0.2, -0.15) is 0 Å². The zero-order valence-corrected chi connectivity index (χ0v) is 23.2. The molecule has 1 aliphatic rings. The van der Waals surface area contributed by atoms with Gasteiger partial charge < -0.3 is 50.4 Å². The third kappa shape index (κ3) is 9.56. The van der Waals surface area contributed by atoms with E-state index < -0.39 is 73.3 Å². The number of rotatable bonds is 14. The van der Waals surface area contributed by atoms with Crippen LogP contribution in [0.3, 0.4) is 0 Å². The number of carbonyl (C=O) groups excluding carboxylic acids is 3. The Hall–Kier alpha value is -3.43. The molecule has 1 fully saturated rings. The summed E-state index contributed by atoms with van der Waals surface area (Å²) in [7, 11) is 0. The van der Waals surface area contributed by atoms with Crippen molar-refractivity contribution in [1.82, 2.24) is 10.6 Å². The molecular weight excluding hydrogens is 552 g/mol. The van der Waals surface area contributed by atoms with Gasteiger partial charge in [0.2, 0.25) is 11.7 Å². The van der Waals surface area contributed by atoms with Gasteiger partial charge in [0.05, 0.1) is 25.3 Å². The highest BCUT2D eigenvalue weighted by Gasteiger charge is 2.48. The molecule has 7 N–H and O–H groups in total. The van der Waals surface area contributed by atoms with E-state index in [1.165, 1.54) is 6.92 Å². The summed E-state index contributed by atoms with van der Waals surface area (Å²) in [4.78, 5) is 38.4. The molecule has 0 aromatic heterocycles. The fraction of sp³-hybridized carbons (Fsp3) is 0.483. The van der Waals surface area contributed by atoms with Crippen LogP contribution < -0.4 is 10.6 Å². The summed E-state index contributed by atoms with van der Waals surface area (Å²) < 4.78 is 15.6. The number of aliphatic hydroxyl groups is 5. The average Bonchev–Trinajstić information content (AvgIpc) is 2.99. The van der Waals surface area contributed by atoms with Gasteiger partial charge in [0, 0.05) is 6.42 Å². The molecule has 2 aromatic carbocycles. The molecule has 1 saturated heterocycles. The van der Waals surface area contributed by atoms with Gasteiger partial charge in [-0.15, -0.1) is 0 Å². The topological polar surface area (TPSA) is 204 Å². The number of aliphatic hydroxyl groups excluding tert-OH is 4. The zero-order chi connectivity index (χ0) is 30.7. The lowest BCUT2D eigenvalue weighted by atomic mass is 9.96. The molecular formula is C29H38N2O11. The van der Waals surface area contributed by atoms with Crippen LogP contribution in [0.4, 0.5) is 0 Å². The molecule has 42 heavy (non-hydrogen) atoms. The minimum absolute atomic E-state index is 0.0152. The number of hydrogen-bond donors (Lipinski definition) is 7. The van der Waals surface area contributed by atoms with Crippen molar-refractivity contribution in [3.05, 3.63) is 71.8 Å². The van der Waals surface area contributed by atoms with E-state index in [4.69, 9.17) is 14.2 Å². The molecule has 13 heteroatoms. The Kier molecular flexibility index (Phi) is 12.4. The van der Waals surface area contributed by atoms with Crippen molar-refractivity contribution in [2.75, 3.05) is 13.2 Å². The fourth-order valence-electron chi connectivity index (χ4n) is 4.16.